The highest BCUT2D eigenvalue weighted by atomic mass is 32.1. The van der Waals surface area contributed by atoms with Crippen molar-refractivity contribution in [1.82, 2.24) is 9.36 Å². The van der Waals surface area contributed by atoms with Crippen LogP contribution in [0.2, 0.25) is 0 Å². The first-order chi connectivity index (χ1) is 5.27. The molecule has 1 aliphatic carbocycles. The zero-order valence-electron chi connectivity index (χ0n) is 6.50. The number of aromatic nitrogens is 2. The quantitative estimate of drug-likeness (QED) is 0.713. The van der Waals surface area contributed by atoms with Gasteiger partial charge < -0.3 is 5.73 Å². The standard InChI is InChI=1S/C7H11N3S/c1-5-9-6(11-10-5)7(4-8)2-3-7/h2-4,8H2,1H3. The molecule has 11 heavy (non-hydrogen) atoms. The molecule has 0 spiro atoms. The van der Waals surface area contributed by atoms with E-state index >= 15 is 0 Å². The zero-order chi connectivity index (χ0) is 7.90. The molecule has 0 amide bonds. The summed E-state index contributed by atoms with van der Waals surface area (Å²) in [4.78, 5) is 4.34. The average molecular weight is 169 g/mol. The van der Waals surface area contributed by atoms with Crippen LogP contribution in [0.5, 0.6) is 0 Å². The number of hydrogen-bond donors (Lipinski definition) is 1. The third kappa shape index (κ3) is 1.06. The van der Waals surface area contributed by atoms with Crippen molar-refractivity contribution in [2.45, 2.75) is 25.2 Å². The molecule has 1 fully saturated rings. The Morgan fingerprint density at radius 1 is 1.64 bits per heavy atom. The minimum Gasteiger partial charge on any atom is -0.329 e. The van der Waals surface area contributed by atoms with E-state index in [4.69, 9.17) is 5.73 Å². The second-order valence-electron chi connectivity index (χ2n) is 3.13. The molecule has 2 rings (SSSR count). The number of hydrogen-bond acceptors (Lipinski definition) is 4. The van der Waals surface area contributed by atoms with Gasteiger partial charge in [-0.3, -0.25) is 0 Å². The van der Waals surface area contributed by atoms with Crippen molar-refractivity contribution in [2.75, 3.05) is 6.54 Å². The Hall–Kier alpha value is -0.480. The van der Waals surface area contributed by atoms with Crippen molar-refractivity contribution in [3.8, 4) is 0 Å². The van der Waals surface area contributed by atoms with Gasteiger partial charge in [0.2, 0.25) is 0 Å². The summed E-state index contributed by atoms with van der Waals surface area (Å²) in [7, 11) is 0. The first-order valence-corrected chi connectivity index (χ1v) is 4.55. The van der Waals surface area contributed by atoms with Crippen molar-refractivity contribution >= 4 is 11.5 Å². The van der Waals surface area contributed by atoms with E-state index in [0.717, 1.165) is 17.4 Å². The molecule has 1 aromatic rings. The predicted molar refractivity (Wildman–Crippen MR) is 44.6 cm³/mol. The molecular formula is C7H11N3S. The highest BCUT2D eigenvalue weighted by Crippen LogP contribution is 2.47. The molecule has 1 heterocycles. The minimum absolute atomic E-state index is 0.228. The van der Waals surface area contributed by atoms with Crippen LogP contribution in [0.25, 0.3) is 0 Å². The van der Waals surface area contributed by atoms with Crippen LogP contribution in [0.4, 0.5) is 0 Å². The van der Waals surface area contributed by atoms with E-state index in [1.165, 1.54) is 24.4 Å². The van der Waals surface area contributed by atoms with Crippen LogP contribution >= 0.6 is 11.5 Å². The fourth-order valence-corrected chi connectivity index (χ4v) is 2.08. The molecule has 0 aromatic carbocycles. The van der Waals surface area contributed by atoms with E-state index in [0.29, 0.717) is 0 Å². The van der Waals surface area contributed by atoms with Crippen molar-refractivity contribution < 1.29 is 0 Å². The predicted octanol–water partition coefficient (Wildman–Crippen LogP) is 0.837. The molecule has 0 radical (unpaired) electrons. The van der Waals surface area contributed by atoms with Gasteiger partial charge in [-0.1, -0.05) is 0 Å². The third-order valence-electron chi connectivity index (χ3n) is 2.23. The number of nitrogens with zero attached hydrogens (tertiary/aromatic N) is 2. The number of aryl methyl sites for hydroxylation is 1. The van der Waals surface area contributed by atoms with E-state index in [9.17, 15) is 0 Å². The van der Waals surface area contributed by atoms with Gasteiger partial charge in [0.15, 0.2) is 0 Å². The van der Waals surface area contributed by atoms with Crippen LogP contribution in [-0.4, -0.2) is 15.9 Å². The largest absolute Gasteiger partial charge is 0.329 e. The maximum Gasteiger partial charge on any atom is 0.139 e. The van der Waals surface area contributed by atoms with Gasteiger partial charge in [-0.25, -0.2) is 4.98 Å². The van der Waals surface area contributed by atoms with Crippen LogP contribution in [0.15, 0.2) is 0 Å². The summed E-state index contributed by atoms with van der Waals surface area (Å²) >= 11 is 1.50. The van der Waals surface area contributed by atoms with Crippen molar-refractivity contribution in [2.24, 2.45) is 5.73 Å². The lowest BCUT2D eigenvalue weighted by Crippen LogP contribution is -2.19. The maximum atomic E-state index is 5.65. The summed E-state index contributed by atoms with van der Waals surface area (Å²) in [5.74, 6) is 0.879. The van der Waals surface area contributed by atoms with Gasteiger partial charge in [-0.2, -0.15) is 4.37 Å². The molecule has 0 bridgehead atoms. The SMILES string of the molecule is Cc1nsc(C2(CN)CC2)n1. The van der Waals surface area contributed by atoms with Gasteiger partial charge in [0.25, 0.3) is 0 Å². The Labute approximate surface area is 69.8 Å². The van der Waals surface area contributed by atoms with Crippen LogP contribution < -0.4 is 5.73 Å². The Bertz CT molecular complexity index is 264. The first-order valence-electron chi connectivity index (χ1n) is 3.78. The monoisotopic (exact) mass is 169 g/mol. The lowest BCUT2D eigenvalue weighted by Gasteiger charge is -2.04. The second kappa shape index (κ2) is 2.25. The molecular weight excluding hydrogens is 158 g/mol. The Morgan fingerprint density at radius 3 is 2.73 bits per heavy atom. The normalized spacial score (nSPS) is 20.2. The van der Waals surface area contributed by atoms with E-state index < -0.39 is 0 Å². The van der Waals surface area contributed by atoms with Crippen molar-refractivity contribution in [1.29, 1.82) is 0 Å². The molecule has 4 heteroatoms. The van der Waals surface area contributed by atoms with Gasteiger partial charge in [-0.15, -0.1) is 0 Å². The van der Waals surface area contributed by atoms with Crippen LogP contribution in [0.1, 0.15) is 23.7 Å². The lowest BCUT2D eigenvalue weighted by atomic mass is 10.1. The molecule has 1 aliphatic rings. The molecule has 0 unspecified atom stereocenters. The molecule has 0 atom stereocenters. The molecule has 1 saturated carbocycles. The van der Waals surface area contributed by atoms with Crippen LogP contribution in [0, 0.1) is 6.92 Å². The summed E-state index contributed by atoms with van der Waals surface area (Å²) in [6.45, 7) is 2.65. The molecule has 60 valence electrons. The Kier molecular flexibility index (Phi) is 1.47. The van der Waals surface area contributed by atoms with E-state index in [1.54, 1.807) is 0 Å². The molecule has 3 nitrogen and oxygen atoms in total. The van der Waals surface area contributed by atoms with Crippen molar-refractivity contribution in [3.05, 3.63) is 10.8 Å². The third-order valence-corrected chi connectivity index (χ3v) is 3.28. The summed E-state index contributed by atoms with van der Waals surface area (Å²) in [6, 6.07) is 0. The number of nitrogens with two attached hydrogens (primary N) is 1. The first kappa shape index (κ1) is 7.18. The highest BCUT2D eigenvalue weighted by molar-refractivity contribution is 7.05. The van der Waals surface area contributed by atoms with E-state index in [1.807, 2.05) is 6.92 Å². The summed E-state index contributed by atoms with van der Waals surface area (Å²) in [6.07, 6.45) is 2.39. The maximum absolute atomic E-state index is 5.65. The summed E-state index contributed by atoms with van der Waals surface area (Å²) in [5.41, 5.74) is 5.88. The number of rotatable bonds is 2. The van der Waals surface area contributed by atoms with Crippen LogP contribution in [0.3, 0.4) is 0 Å². The van der Waals surface area contributed by atoms with Crippen molar-refractivity contribution in [3.63, 3.8) is 0 Å². The zero-order valence-corrected chi connectivity index (χ0v) is 7.32. The summed E-state index contributed by atoms with van der Waals surface area (Å²) < 4.78 is 4.15. The fraction of sp³-hybridized carbons (Fsp3) is 0.714. The second-order valence-corrected chi connectivity index (χ2v) is 3.88. The Morgan fingerprint density at radius 2 is 2.36 bits per heavy atom. The fourth-order valence-electron chi connectivity index (χ4n) is 1.17. The minimum atomic E-state index is 0.228. The average Bonchev–Trinajstić information content (AvgIpc) is 2.70. The lowest BCUT2D eigenvalue weighted by molar-refractivity contribution is 0.695. The van der Waals surface area contributed by atoms with Gasteiger partial charge in [0.05, 0.1) is 0 Å². The van der Waals surface area contributed by atoms with Gasteiger partial charge in [-0.05, 0) is 31.3 Å². The van der Waals surface area contributed by atoms with Gasteiger partial charge >= 0.3 is 0 Å². The molecule has 1 aromatic heterocycles. The highest BCUT2D eigenvalue weighted by Gasteiger charge is 2.45. The van der Waals surface area contributed by atoms with E-state index in [-0.39, 0.29) is 5.41 Å². The molecule has 0 saturated heterocycles. The topological polar surface area (TPSA) is 51.8 Å². The van der Waals surface area contributed by atoms with Gasteiger partial charge in [0.1, 0.15) is 10.8 Å². The van der Waals surface area contributed by atoms with Crippen LogP contribution in [-0.2, 0) is 5.41 Å². The summed E-state index contributed by atoms with van der Waals surface area (Å²) in [5, 5.41) is 1.14. The Balaban J connectivity index is 2.29. The molecule has 0 aliphatic heterocycles. The van der Waals surface area contributed by atoms with E-state index in [2.05, 4.69) is 9.36 Å². The van der Waals surface area contributed by atoms with Gasteiger partial charge in [0, 0.05) is 12.0 Å². The molecule has 2 N–H and O–H groups in total. The smallest absolute Gasteiger partial charge is 0.139 e.